The molecule has 1 fully saturated rings. The molecular weight excluding hydrogens is 222 g/mol. The molecule has 0 saturated heterocycles. The summed E-state index contributed by atoms with van der Waals surface area (Å²) in [5, 5.41) is 0. The highest BCUT2D eigenvalue weighted by molar-refractivity contribution is 5.50. The Morgan fingerprint density at radius 2 is 1.83 bits per heavy atom. The number of fused-ring (bicyclic) bond motifs is 1. The average Bonchev–Trinajstić information content (AvgIpc) is 2.38. The summed E-state index contributed by atoms with van der Waals surface area (Å²) in [4.78, 5) is 0. The Morgan fingerprint density at radius 3 is 2.39 bits per heavy atom. The van der Waals surface area contributed by atoms with Gasteiger partial charge in [-0.25, -0.2) is 0 Å². The smallest absolute Gasteiger partial charge is 0.122 e. The SMILES string of the molecule is COc1ccc(C2(CN)CCC2)c2c1CCCC2. The number of rotatable bonds is 3. The van der Waals surface area contributed by atoms with Crippen LogP contribution in [0.3, 0.4) is 0 Å². The van der Waals surface area contributed by atoms with Crippen molar-refractivity contribution in [1.29, 1.82) is 0 Å². The summed E-state index contributed by atoms with van der Waals surface area (Å²) < 4.78 is 5.53. The Bertz CT molecular complexity index is 443. The maximum Gasteiger partial charge on any atom is 0.122 e. The molecule has 0 atom stereocenters. The topological polar surface area (TPSA) is 35.2 Å². The van der Waals surface area contributed by atoms with Crippen molar-refractivity contribution in [2.45, 2.75) is 50.4 Å². The number of ether oxygens (including phenoxy) is 1. The van der Waals surface area contributed by atoms with Crippen molar-refractivity contribution in [2.75, 3.05) is 13.7 Å². The molecule has 0 aliphatic heterocycles. The van der Waals surface area contributed by atoms with E-state index in [4.69, 9.17) is 10.5 Å². The predicted octanol–water partition coefficient (Wildman–Crippen LogP) is 2.95. The molecule has 2 N–H and O–H groups in total. The van der Waals surface area contributed by atoms with Gasteiger partial charge in [0.05, 0.1) is 7.11 Å². The summed E-state index contributed by atoms with van der Waals surface area (Å²) in [5.41, 5.74) is 10.9. The highest BCUT2D eigenvalue weighted by Gasteiger charge is 2.39. The third kappa shape index (κ3) is 1.66. The second-order valence-corrected chi connectivity index (χ2v) is 5.82. The summed E-state index contributed by atoms with van der Waals surface area (Å²) in [6.45, 7) is 0.797. The molecule has 0 bridgehead atoms. The fourth-order valence-corrected chi connectivity index (χ4v) is 3.71. The monoisotopic (exact) mass is 245 g/mol. The van der Waals surface area contributed by atoms with Crippen molar-refractivity contribution in [1.82, 2.24) is 0 Å². The standard InChI is InChI=1S/C16H23NO/c1-18-15-8-7-14(16(11-17)9-4-10-16)12-5-2-3-6-13(12)15/h7-8H,2-6,9-11,17H2,1H3. The van der Waals surface area contributed by atoms with Gasteiger partial charge in [-0.1, -0.05) is 12.5 Å². The minimum absolute atomic E-state index is 0.285. The van der Waals surface area contributed by atoms with Gasteiger partial charge in [-0.05, 0) is 61.3 Å². The van der Waals surface area contributed by atoms with Gasteiger partial charge in [0.2, 0.25) is 0 Å². The van der Waals surface area contributed by atoms with Crippen LogP contribution in [0.1, 0.15) is 48.8 Å². The molecule has 0 amide bonds. The van der Waals surface area contributed by atoms with E-state index in [0.29, 0.717) is 0 Å². The lowest BCUT2D eigenvalue weighted by molar-refractivity contribution is 0.250. The van der Waals surface area contributed by atoms with Crippen molar-refractivity contribution in [3.05, 3.63) is 28.8 Å². The van der Waals surface area contributed by atoms with Gasteiger partial charge in [0, 0.05) is 12.0 Å². The van der Waals surface area contributed by atoms with Gasteiger partial charge >= 0.3 is 0 Å². The zero-order valence-corrected chi connectivity index (χ0v) is 11.3. The van der Waals surface area contributed by atoms with E-state index in [0.717, 1.165) is 12.3 Å². The number of hydrogen-bond donors (Lipinski definition) is 1. The zero-order chi connectivity index (χ0) is 12.6. The van der Waals surface area contributed by atoms with Crippen molar-refractivity contribution < 1.29 is 4.74 Å². The molecule has 1 aromatic rings. The molecule has 18 heavy (non-hydrogen) atoms. The van der Waals surface area contributed by atoms with Gasteiger partial charge in [0.1, 0.15) is 5.75 Å². The van der Waals surface area contributed by atoms with E-state index in [9.17, 15) is 0 Å². The molecule has 1 aromatic carbocycles. The fraction of sp³-hybridized carbons (Fsp3) is 0.625. The lowest BCUT2D eigenvalue weighted by Gasteiger charge is -2.43. The normalized spacial score (nSPS) is 21.0. The second-order valence-electron chi connectivity index (χ2n) is 5.82. The maximum absolute atomic E-state index is 6.07. The maximum atomic E-state index is 6.07. The summed E-state index contributed by atoms with van der Waals surface area (Å²) in [7, 11) is 1.78. The van der Waals surface area contributed by atoms with Crippen LogP contribution in [0, 0.1) is 0 Å². The van der Waals surface area contributed by atoms with Crippen molar-refractivity contribution in [2.24, 2.45) is 5.73 Å². The van der Waals surface area contributed by atoms with Crippen LogP contribution in [-0.2, 0) is 18.3 Å². The number of benzene rings is 1. The lowest BCUT2D eigenvalue weighted by Crippen LogP contribution is -2.42. The van der Waals surface area contributed by atoms with Crippen molar-refractivity contribution >= 4 is 0 Å². The molecule has 0 spiro atoms. The molecule has 1 saturated carbocycles. The molecule has 2 heteroatoms. The third-order valence-corrected chi connectivity index (χ3v) is 4.98. The Hall–Kier alpha value is -1.02. The summed E-state index contributed by atoms with van der Waals surface area (Å²) in [6, 6.07) is 4.45. The quantitative estimate of drug-likeness (QED) is 0.888. The van der Waals surface area contributed by atoms with Crippen molar-refractivity contribution in [3.8, 4) is 5.75 Å². The number of hydrogen-bond acceptors (Lipinski definition) is 2. The van der Waals surface area contributed by atoms with Crippen LogP contribution in [0.2, 0.25) is 0 Å². The van der Waals surface area contributed by atoms with Crippen LogP contribution >= 0.6 is 0 Å². The molecule has 0 heterocycles. The molecule has 98 valence electrons. The Morgan fingerprint density at radius 1 is 1.11 bits per heavy atom. The zero-order valence-electron chi connectivity index (χ0n) is 11.3. The Labute approximate surface area is 110 Å². The highest BCUT2D eigenvalue weighted by atomic mass is 16.5. The van der Waals surface area contributed by atoms with Crippen LogP contribution in [0.4, 0.5) is 0 Å². The van der Waals surface area contributed by atoms with E-state index in [1.54, 1.807) is 12.7 Å². The third-order valence-electron chi connectivity index (χ3n) is 4.98. The molecule has 2 aliphatic carbocycles. The van der Waals surface area contributed by atoms with Crippen molar-refractivity contribution in [3.63, 3.8) is 0 Å². The second kappa shape index (κ2) is 4.58. The van der Waals surface area contributed by atoms with E-state index in [1.807, 2.05) is 0 Å². The molecule has 2 aliphatic rings. The van der Waals surface area contributed by atoms with Gasteiger partial charge in [0.15, 0.2) is 0 Å². The number of methoxy groups -OCH3 is 1. The molecule has 3 rings (SSSR count). The Balaban J connectivity index is 2.10. The van der Waals surface area contributed by atoms with E-state index in [1.165, 1.54) is 56.1 Å². The van der Waals surface area contributed by atoms with Gasteiger partial charge in [-0.3, -0.25) is 0 Å². The van der Waals surface area contributed by atoms with E-state index in [2.05, 4.69) is 12.1 Å². The van der Waals surface area contributed by atoms with E-state index >= 15 is 0 Å². The van der Waals surface area contributed by atoms with Gasteiger partial charge in [0.25, 0.3) is 0 Å². The first-order valence-electron chi connectivity index (χ1n) is 7.20. The highest BCUT2D eigenvalue weighted by Crippen LogP contribution is 2.47. The molecule has 0 radical (unpaired) electrons. The summed E-state index contributed by atoms with van der Waals surface area (Å²) >= 11 is 0. The van der Waals surface area contributed by atoms with Crippen LogP contribution < -0.4 is 10.5 Å². The summed E-state index contributed by atoms with van der Waals surface area (Å²) in [5.74, 6) is 1.08. The van der Waals surface area contributed by atoms with E-state index in [-0.39, 0.29) is 5.41 Å². The minimum Gasteiger partial charge on any atom is -0.496 e. The van der Waals surface area contributed by atoms with Crippen LogP contribution in [-0.4, -0.2) is 13.7 Å². The van der Waals surface area contributed by atoms with E-state index < -0.39 is 0 Å². The first kappa shape index (κ1) is 12.0. The van der Waals surface area contributed by atoms with Crippen LogP contribution in [0.15, 0.2) is 12.1 Å². The van der Waals surface area contributed by atoms with Crippen LogP contribution in [0.5, 0.6) is 5.75 Å². The average molecular weight is 245 g/mol. The molecule has 2 nitrogen and oxygen atoms in total. The minimum atomic E-state index is 0.285. The summed E-state index contributed by atoms with van der Waals surface area (Å²) in [6.07, 6.45) is 8.86. The fourth-order valence-electron chi connectivity index (χ4n) is 3.71. The lowest BCUT2D eigenvalue weighted by atomic mass is 9.62. The first-order valence-corrected chi connectivity index (χ1v) is 7.20. The predicted molar refractivity (Wildman–Crippen MR) is 74.2 cm³/mol. The molecule has 0 aromatic heterocycles. The van der Waals surface area contributed by atoms with Crippen LogP contribution in [0.25, 0.3) is 0 Å². The number of nitrogens with two attached hydrogens (primary N) is 1. The van der Waals surface area contributed by atoms with Gasteiger partial charge < -0.3 is 10.5 Å². The van der Waals surface area contributed by atoms with Gasteiger partial charge in [-0.15, -0.1) is 0 Å². The largest absolute Gasteiger partial charge is 0.496 e. The molecule has 0 unspecified atom stereocenters. The Kier molecular flexibility index (Phi) is 3.06. The van der Waals surface area contributed by atoms with Gasteiger partial charge in [-0.2, -0.15) is 0 Å². The first-order chi connectivity index (χ1) is 8.80. The molecular formula is C16H23NO.